The first-order valence-corrected chi connectivity index (χ1v) is 9.14. The normalized spacial score (nSPS) is 10.5. The second-order valence-electron chi connectivity index (χ2n) is 6.50. The van der Waals surface area contributed by atoms with E-state index in [0.717, 1.165) is 28.1 Å². The maximum Gasteiger partial charge on any atom is 0.490 e. The molecule has 0 bridgehead atoms. The van der Waals surface area contributed by atoms with E-state index in [9.17, 15) is 18.0 Å². The lowest BCUT2D eigenvalue weighted by Crippen LogP contribution is -2.30. The number of halogens is 3. The number of benzene rings is 2. The van der Waals surface area contributed by atoms with Gasteiger partial charge in [-0.3, -0.25) is 5.10 Å². The highest BCUT2D eigenvalue weighted by molar-refractivity contribution is 5.89. The van der Waals surface area contributed by atoms with Crippen LogP contribution in [0.4, 0.5) is 23.7 Å². The van der Waals surface area contributed by atoms with E-state index in [1.54, 1.807) is 25.3 Å². The molecule has 3 N–H and O–H groups in total. The lowest BCUT2D eigenvalue weighted by Gasteiger charge is -2.18. The van der Waals surface area contributed by atoms with Gasteiger partial charge in [-0.15, -0.1) is 0 Å². The maximum atomic E-state index is 12.4. The van der Waals surface area contributed by atoms with Crippen molar-refractivity contribution in [1.82, 2.24) is 15.1 Å². The van der Waals surface area contributed by atoms with Gasteiger partial charge in [-0.25, -0.2) is 9.59 Å². The van der Waals surface area contributed by atoms with E-state index in [1.807, 2.05) is 54.7 Å². The molecule has 2 aromatic carbocycles. The first kappa shape index (κ1) is 24.3. The van der Waals surface area contributed by atoms with Crippen molar-refractivity contribution in [3.8, 4) is 16.9 Å². The fraction of sp³-hybridized carbons (Fsp3) is 0.190. The van der Waals surface area contributed by atoms with Crippen LogP contribution in [0.1, 0.15) is 5.56 Å². The number of aromatic amines is 1. The molecule has 1 aromatic heterocycles. The van der Waals surface area contributed by atoms with Crippen LogP contribution in [-0.2, 0) is 11.3 Å². The maximum absolute atomic E-state index is 12.4. The molecule has 0 aliphatic rings. The van der Waals surface area contributed by atoms with Gasteiger partial charge in [0.15, 0.2) is 0 Å². The minimum atomic E-state index is -5.08. The van der Waals surface area contributed by atoms with E-state index in [-0.39, 0.29) is 6.03 Å². The number of amides is 2. The number of ether oxygens (including phenoxy) is 1. The number of carboxylic acid groups (broad SMARTS) is 1. The van der Waals surface area contributed by atoms with Gasteiger partial charge < -0.3 is 20.1 Å². The van der Waals surface area contributed by atoms with Crippen LogP contribution in [0.3, 0.4) is 0 Å². The zero-order chi connectivity index (χ0) is 23.7. The SMILES string of the molecule is COc1cccc(CN(C)C(=O)Nc2ccc(-c3cn[nH]c3)cc2)c1.O=C(O)C(F)(F)F. The van der Waals surface area contributed by atoms with Crippen molar-refractivity contribution in [3.63, 3.8) is 0 Å². The van der Waals surface area contributed by atoms with Gasteiger partial charge in [0.2, 0.25) is 0 Å². The van der Waals surface area contributed by atoms with Crippen LogP contribution in [0.2, 0.25) is 0 Å². The molecule has 0 atom stereocenters. The number of hydrogen-bond acceptors (Lipinski definition) is 4. The van der Waals surface area contributed by atoms with Crippen LogP contribution < -0.4 is 10.1 Å². The van der Waals surface area contributed by atoms with Gasteiger partial charge in [-0.1, -0.05) is 24.3 Å². The van der Waals surface area contributed by atoms with Crippen LogP contribution in [-0.4, -0.2) is 52.5 Å². The summed E-state index contributed by atoms with van der Waals surface area (Å²) in [5.41, 5.74) is 3.80. The first-order chi connectivity index (χ1) is 15.1. The number of alkyl halides is 3. The van der Waals surface area contributed by atoms with Crippen LogP contribution in [0.25, 0.3) is 11.1 Å². The van der Waals surface area contributed by atoms with Gasteiger partial charge in [0.1, 0.15) is 5.75 Å². The summed E-state index contributed by atoms with van der Waals surface area (Å²) in [5.74, 6) is -1.98. The fourth-order valence-electron chi connectivity index (χ4n) is 2.49. The predicted molar refractivity (Wildman–Crippen MR) is 111 cm³/mol. The molecule has 3 aromatic rings. The Morgan fingerprint density at radius 2 is 1.81 bits per heavy atom. The lowest BCUT2D eigenvalue weighted by molar-refractivity contribution is -0.192. The molecule has 0 aliphatic heterocycles. The molecule has 3 rings (SSSR count). The number of urea groups is 1. The van der Waals surface area contributed by atoms with E-state index in [4.69, 9.17) is 14.6 Å². The van der Waals surface area contributed by atoms with Gasteiger partial charge in [0.05, 0.1) is 13.3 Å². The van der Waals surface area contributed by atoms with E-state index in [1.165, 1.54) is 0 Å². The second kappa shape index (κ2) is 10.8. The molecule has 0 saturated heterocycles. The quantitative estimate of drug-likeness (QED) is 0.535. The number of H-pyrrole nitrogens is 1. The van der Waals surface area contributed by atoms with Crippen LogP contribution in [0, 0.1) is 0 Å². The molecule has 0 fully saturated rings. The molecular weight excluding hydrogens is 429 g/mol. The molecule has 0 radical (unpaired) electrons. The smallest absolute Gasteiger partial charge is 0.490 e. The van der Waals surface area contributed by atoms with Gasteiger partial charge in [0, 0.05) is 31.0 Å². The van der Waals surface area contributed by atoms with Crippen LogP contribution in [0.5, 0.6) is 5.75 Å². The third kappa shape index (κ3) is 7.35. The molecule has 0 aliphatic carbocycles. The fourth-order valence-corrected chi connectivity index (χ4v) is 2.49. The average molecular weight is 450 g/mol. The van der Waals surface area contributed by atoms with E-state index in [2.05, 4.69) is 15.5 Å². The third-order valence-electron chi connectivity index (χ3n) is 4.11. The lowest BCUT2D eigenvalue weighted by atomic mass is 10.1. The van der Waals surface area contributed by atoms with Crippen molar-refractivity contribution in [1.29, 1.82) is 0 Å². The molecule has 170 valence electrons. The Balaban J connectivity index is 0.000000451. The molecule has 1 heterocycles. The number of carbonyl (C=O) groups is 2. The summed E-state index contributed by atoms with van der Waals surface area (Å²) in [6.07, 6.45) is -1.50. The standard InChI is InChI=1S/C19H20N4O2.C2HF3O2/c1-23(13-14-4-3-5-18(10-14)25-2)19(24)22-17-8-6-15(7-9-17)16-11-20-21-12-16;3-2(4,5)1(6)7/h3-12H,13H2,1-2H3,(H,20,21)(H,22,24);(H,6,7). The Bertz CT molecular complexity index is 1020. The summed E-state index contributed by atoms with van der Waals surface area (Å²) >= 11 is 0. The van der Waals surface area contributed by atoms with Crippen LogP contribution >= 0.6 is 0 Å². The molecule has 8 nitrogen and oxygen atoms in total. The minimum Gasteiger partial charge on any atom is -0.497 e. The number of nitrogens with zero attached hydrogens (tertiary/aromatic N) is 2. The predicted octanol–water partition coefficient (Wildman–Crippen LogP) is 4.38. The number of hydrogen-bond donors (Lipinski definition) is 3. The van der Waals surface area contributed by atoms with Crippen molar-refractivity contribution in [2.75, 3.05) is 19.5 Å². The number of aromatic nitrogens is 2. The van der Waals surface area contributed by atoms with Crippen molar-refractivity contribution in [3.05, 3.63) is 66.5 Å². The summed E-state index contributed by atoms with van der Waals surface area (Å²) < 4.78 is 36.9. The Morgan fingerprint density at radius 3 is 2.34 bits per heavy atom. The summed E-state index contributed by atoms with van der Waals surface area (Å²) in [5, 5.41) is 16.7. The van der Waals surface area contributed by atoms with E-state index >= 15 is 0 Å². The number of nitrogens with one attached hydrogen (secondary N) is 2. The molecule has 11 heteroatoms. The van der Waals surface area contributed by atoms with Crippen molar-refractivity contribution >= 4 is 17.7 Å². The number of carboxylic acids is 1. The Hall–Kier alpha value is -4.02. The molecule has 32 heavy (non-hydrogen) atoms. The first-order valence-electron chi connectivity index (χ1n) is 9.14. The number of aliphatic carboxylic acids is 1. The molecule has 2 amide bonds. The highest BCUT2D eigenvalue weighted by Crippen LogP contribution is 2.20. The summed E-state index contributed by atoms with van der Waals surface area (Å²) in [4.78, 5) is 22.9. The number of rotatable bonds is 5. The van der Waals surface area contributed by atoms with Gasteiger partial charge in [-0.05, 0) is 35.4 Å². The number of methoxy groups -OCH3 is 1. The van der Waals surface area contributed by atoms with Gasteiger partial charge in [-0.2, -0.15) is 18.3 Å². The van der Waals surface area contributed by atoms with Gasteiger partial charge in [0.25, 0.3) is 0 Å². The minimum absolute atomic E-state index is 0.168. The van der Waals surface area contributed by atoms with Crippen molar-refractivity contribution in [2.24, 2.45) is 0 Å². The average Bonchev–Trinajstić information content (AvgIpc) is 3.29. The third-order valence-corrected chi connectivity index (χ3v) is 4.11. The second-order valence-corrected chi connectivity index (χ2v) is 6.50. The highest BCUT2D eigenvalue weighted by atomic mass is 19.4. The Morgan fingerprint density at radius 1 is 1.16 bits per heavy atom. The Kier molecular flexibility index (Phi) is 8.22. The van der Waals surface area contributed by atoms with Crippen molar-refractivity contribution in [2.45, 2.75) is 12.7 Å². The zero-order valence-corrected chi connectivity index (χ0v) is 17.2. The summed E-state index contributed by atoms with van der Waals surface area (Å²) in [7, 11) is 3.39. The molecule has 0 spiro atoms. The zero-order valence-electron chi connectivity index (χ0n) is 17.2. The highest BCUT2D eigenvalue weighted by Gasteiger charge is 2.38. The summed E-state index contributed by atoms with van der Waals surface area (Å²) in [6, 6.07) is 15.2. The molecule has 0 saturated carbocycles. The Labute approximate surface area is 181 Å². The summed E-state index contributed by atoms with van der Waals surface area (Å²) in [6.45, 7) is 0.496. The van der Waals surface area contributed by atoms with Gasteiger partial charge >= 0.3 is 18.2 Å². The van der Waals surface area contributed by atoms with Crippen molar-refractivity contribution < 1.29 is 32.6 Å². The topological polar surface area (TPSA) is 108 Å². The molecule has 0 unspecified atom stereocenters. The van der Waals surface area contributed by atoms with E-state index < -0.39 is 12.1 Å². The molecular formula is C21H21F3N4O4. The number of anilines is 1. The van der Waals surface area contributed by atoms with E-state index in [0.29, 0.717) is 6.54 Å². The van der Waals surface area contributed by atoms with Crippen LogP contribution in [0.15, 0.2) is 60.9 Å². The monoisotopic (exact) mass is 450 g/mol. The largest absolute Gasteiger partial charge is 0.497 e. The number of carbonyl (C=O) groups excluding carboxylic acids is 1.